The summed E-state index contributed by atoms with van der Waals surface area (Å²) in [4.78, 5) is 4.18. The standard InChI is InChI=1S/C22H23NO5/c1-25-18-7-3-16(4-8-18)14-27-21-11-12-23-20(13-24)22(21)28-15-17-5-9-19(26-2)10-6-17/h3-12,24H,13-15H2,1-2H3. The van der Waals surface area contributed by atoms with Crippen LogP contribution in [0.4, 0.5) is 0 Å². The lowest BCUT2D eigenvalue weighted by Gasteiger charge is -2.15. The van der Waals surface area contributed by atoms with Gasteiger partial charge in [0.05, 0.1) is 20.8 Å². The zero-order valence-electron chi connectivity index (χ0n) is 15.9. The quantitative estimate of drug-likeness (QED) is 0.609. The molecule has 0 amide bonds. The molecule has 3 aromatic rings. The van der Waals surface area contributed by atoms with Gasteiger partial charge in [0.2, 0.25) is 0 Å². The predicted octanol–water partition coefficient (Wildman–Crippen LogP) is 3.75. The second-order valence-corrected chi connectivity index (χ2v) is 6.02. The molecule has 0 aliphatic carbocycles. The molecule has 1 N–H and O–H groups in total. The van der Waals surface area contributed by atoms with Crippen molar-refractivity contribution < 1.29 is 24.1 Å². The van der Waals surface area contributed by atoms with Gasteiger partial charge in [-0.15, -0.1) is 0 Å². The van der Waals surface area contributed by atoms with E-state index >= 15 is 0 Å². The Kier molecular flexibility index (Phi) is 6.70. The maximum Gasteiger partial charge on any atom is 0.185 e. The van der Waals surface area contributed by atoms with E-state index in [4.69, 9.17) is 18.9 Å². The van der Waals surface area contributed by atoms with E-state index in [9.17, 15) is 5.11 Å². The molecule has 0 spiro atoms. The summed E-state index contributed by atoms with van der Waals surface area (Å²) in [5.74, 6) is 2.54. The Morgan fingerprint density at radius 2 is 1.29 bits per heavy atom. The average Bonchev–Trinajstić information content (AvgIpc) is 2.77. The number of aliphatic hydroxyl groups excluding tert-OH is 1. The third kappa shape index (κ3) is 4.92. The van der Waals surface area contributed by atoms with Crippen molar-refractivity contribution in [2.75, 3.05) is 14.2 Å². The summed E-state index contributed by atoms with van der Waals surface area (Å²) < 4.78 is 22.2. The van der Waals surface area contributed by atoms with Crippen LogP contribution in [0.3, 0.4) is 0 Å². The van der Waals surface area contributed by atoms with Gasteiger partial charge in [0.15, 0.2) is 11.5 Å². The van der Waals surface area contributed by atoms with Crippen LogP contribution in [0, 0.1) is 0 Å². The minimum atomic E-state index is -0.238. The third-order valence-electron chi connectivity index (χ3n) is 4.19. The van der Waals surface area contributed by atoms with Crippen molar-refractivity contribution >= 4 is 0 Å². The summed E-state index contributed by atoms with van der Waals surface area (Å²) in [5, 5.41) is 9.62. The number of aliphatic hydroxyl groups is 1. The Bertz CT molecular complexity index is 878. The van der Waals surface area contributed by atoms with Gasteiger partial charge in [-0.3, -0.25) is 4.98 Å². The van der Waals surface area contributed by atoms with E-state index in [1.165, 1.54) is 0 Å². The van der Waals surface area contributed by atoms with Crippen molar-refractivity contribution in [1.82, 2.24) is 4.98 Å². The molecule has 0 unspecified atom stereocenters. The summed E-state index contributed by atoms with van der Waals surface area (Å²) in [6, 6.07) is 16.9. The molecule has 3 rings (SSSR count). The van der Waals surface area contributed by atoms with Crippen LogP contribution in [0.15, 0.2) is 60.8 Å². The second-order valence-electron chi connectivity index (χ2n) is 6.02. The van der Waals surface area contributed by atoms with Crippen LogP contribution in [-0.2, 0) is 19.8 Å². The number of hydrogen-bond acceptors (Lipinski definition) is 6. The van der Waals surface area contributed by atoms with Crippen molar-refractivity contribution in [2.45, 2.75) is 19.8 Å². The van der Waals surface area contributed by atoms with Crippen LogP contribution in [0.5, 0.6) is 23.0 Å². The number of pyridine rings is 1. The van der Waals surface area contributed by atoms with E-state index in [0.717, 1.165) is 22.6 Å². The fourth-order valence-electron chi connectivity index (χ4n) is 2.61. The molecule has 1 heterocycles. The van der Waals surface area contributed by atoms with Crippen molar-refractivity contribution in [2.24, 2.45) is 0 Å². The highest BCUT2D eigenvalue weighted by atomic mass is 16.5. The molecule has 6 nitrogen and oxygen atoms in total. The molecule has 0 aliphatic heterocycles. The maximum atomic E-state index is 9.62. The number of benzene rings is 2. The minimum Gasteiger partial charge on any atom is -0.497 e. The summed E-state index contributed by atoms with van der Waals surface area (Å²) in [5.41, 5.74) is 2.39. The molecule has 146 valence electrons. The molecule has 0 aliphatic rings. The van der Waals surface area contributed by atoms with Crippen LogP contribution in [0.25, 0.3) is 0 Å². The van der Waals surface area contributed by atoms with Crippen molar-refractivity contribution in [3.63, 3.8) is 0 Å². The zero-order chi connectivity index (χ0) is 19.8. The van der Waals surface area contributed by atoms with E-state index in [1.807, 2.05) is 48.5 Å². The normalized spacial score (nSPS) is 10.4. The Labute approximate surface area is 164 Å². The van der Waals surface area contributed by atoms with E-state index in [-0.39, 0.29) is 6.61 Å². The Balaban J connectivity index is 1.71. The lowest BCUT2D eigenvalue weighted by molar-refractivity contribution is 0.232. The van der Waals surface area contributed by atoms with Gasteiger partial charge >= 0.3 is 0 Å². The molecular formula is C22H23NO5. The number of aromatic nitrogens is 1. The molecular weight excluding hydrogens is 358 g/mol. The Morgan fingerprint density at radius 3 is 1.79 bits per heavy atom. The molecule has 6 heteroatoms. The zero-order valence-corrected chi connectivity index (χ0v) is 15.9. The highest BCUT2D eigenvalue weighted by Crippen LogP contribution is 2.31. The fraction of sp³-hybridized carbons (Fsp3) is 0.227. The summed E-state index contributed by atoms with van der Waals surface area (Å²) >= 11 is 0. The van der Waals surface area contributed by atoms with Gasteiger partial charge in [-0.1, -0.05) is 24.3 Å². The predicted molar refractivity (Wildman–Crippen MR) is 105 cm³/mol. The monoisotopic (exact) mass is 381 g/mol. The van der Waals surface area contributed by atoms with Gasteiger partial charge in [0, 0.05) is 12.3 Å². The molecule has 0 saturated heterocycles. The van der Waals surface area contributed by atoms with Gasteiger partial charge in [0.1, 0.15) is 30.4 Å². The highest BCUT2D eigenvalue weighted by Gasteiger charge is 2.13. The number of methoxy groups -OCH3 is 2. The van der Waals surface area contributed by atoms with Crippen LogP contribution in [0.2, 0.25) is 0 Å². The molecule has 0 saturated carbocycles. The lowest BCUT2D eigenvalue weighted by Crippen LogP contribution is -2.04. The van der Waals surface area contributed by atoms with E-state index in [1.54, 1.807) is 26.5 Å². The number of ether oxygens (including phenoxy) is 4. The molecule has 0 fully saturated rings. The topological polar surface area (TPSA) is 70.0 Å². The van der Waals surface area contributed by atoms with Crippen molar-refractivity contribution in [3.05, 3.63) is 77.6 Å². The molecule has 0 atom stereocenters. The van der Waals surface area contributed by atoms with Crippen LogP contribution in [0.1, 0.15) is 16.8 Å². The first-order valence-electron chi connectivity index (χ1n) is 8.83. The molecule has 1 aromatic heterocycles. The summed E-state index contributed by atoms with van der Waals surface area (Å²) in [7, 11) is 3.26. The number of nitrogens with zero attached hydrogens (tertiary/aromatic N) is 1. The van der Waals surface area contributed by atoms with Gasteiger partial charge in [-0.25, -0.2) is 0 Å². The Morgan fingerprint density at radius 1 is 0.750 bits per heavy atom. The first-order chi connectivity index (χ1) is 13.7. The van der Waals surface area contributed by atoms with Gasteiger partial charge < -0.3 is 24.1 Å². The van der Waals surface area contributed by atoms with Crippen molar-refractivity contribution in [1.29, 1.82) is 0 Å². The van der Waals surface area contributed by atoms with Gasteiger partial charge in [0.25, 0.3) is 0 Å². The largest absolute Gasteiger partial charge is 0.497 e. The number of hydrogen-bond donors (Lipinski definition) is 1. The molecule has 0 radical (unpaired) electrons. The fourth-order valence-corrected chi connectivity index (χ4v) is 2.61. The first-order valence-corrected chi connectivity index (χ1v) is 8.83. The van der Waals surface area contributed by atoms with Crippen molar-refractivity contribution in [3.8, 4) is 23.0 Å². The smallest absolute Gasteiger partial charge is 0.185 e. The second kappa shape index (κ2) is 9.62. The first kappa shape index (κ1) is 19.5. The van der Waals surface area contributed by atoms with E-state index in [2.05, 4.69) is 4.98 Å². The minimum absolute atomic E-state index is 0.238. The van der Waals surface area contributed by atoms with E-state index in [0.29, 0.717) is 30.4 Å². The average molecular weight is 381 g/mol. The van der Waals surface area contributed by atoms with Crippen LogP contribution in [-0.4, -0.2) is 24.3 Å². The Hall–Kier alpha value is -3.25. The maximum absolute atomic E-state index is 9.62. The third-order valence-corrected chi connectivity index (χ3v) is 4.19. The lowest BCUT2D eigenvalue weighted by atomic mass is 10.2. The summed E-state index contributed by atoms with van der Waals surface area (Å²) in [6.45, 7) is 0.442. The molecule has 28 heavy (non-hydrogen) atoms. The molecule has 0 bridgehead atoms. The van der Waals surface area contributed by atoms with Crippen LogP contribution >= 0.6 is 0 Å². The highest BCUT2D eigenvalue weighted by molar-refractivity contribution is 5.43. The van der Waals surface area contributed by atoms with E-state index < -0.39 is 0 Å². The SMILES string of the molecule is COc1ccc(COc2ccnc(CO)c2OCc2ccc(OC)cc2)cc1. The summed E-state index contributed by atoms with van der Waals surface area (Å²) in [6.07, 6.45) is 1.59. The van der Waals surface area contributed by atoms with Gasteiger partial charge in [-0.05, 0) is 35.4 Å². The number of rotatable bonds is 9. The molecule has 2 aromatic carbocycles. The van der Waals surface area contributed by atoms with Gasteiger partial charge in [-0.2, -0.15) is 0 Å². The van der Waals surface area contributed by atoms with Crippen LogP contribution < -0.4 is 18.9 Å².